The molecule has 2 aliphatic carbocycles. The van der Waals surface area contributed by atoms with Gasteiger partial charge in [-0.15, -0.1) is 0 Å². The van der Waals surface area contributed by atoms with Gasteiger partial charge < -0.3 is 4.52 Å². The Morgan fingerprint density at radius 2 is 1.96 bits per heavy atom. The molecule has 3 aliphatic rings. The smallest absolute Gasteiger partial charge is 0.276 e. The fourth-order valence-corrected chi connectivity index (χ4v) is 5.56. The third-order valence-corrected chi connectivity index (χ3v) is 7.63. The van der Waals surface area contributed by atoms with E-state index < -0.39 is 10.2 Å². The summed E-state index contributed by atoms with van der Waals surface area (Å²) < 4.78 is 31.9. The molecule has 1 saturated heterocycles. The molecular weight excluding hydrogens is 368 g/mol. The summed E-state index contributed by atoms with van der Waals surface area (Å²) >= 11 is 0. The molecule has 2 fully saturated rings. The highest BCUT2D eigenvalue weighted by Gasteiger charge is 2.58. The van der Waals surface area contributed by atoms with Crippen LogP contribution in [-0.2, 0) is 30.1 Å². The zero-order valence-corrected chi connectivity index (χ0v) is 16.2. The molecule has 0 bridgehead atoms. The molecule has 5 rings (SSSR count). The van der Waals surface area contributed by atoms with Gasteiger partial charge in [-0.1, -0.05) is 5.16 Å². The van der Waals surface area contributed by atoms with E-state index in [1.165, 1.54) is 22.7 Å². The second-order valence-corrected chi connectivity index (χ2v) is 9.67. The summed E-state index contributed by atoms with van der Waals surface area (Å²) in [6.07, 6.45) is 6.92. The highest BCUT2D eigenvalue weighted by molar-refractivity contribution is 7.86. The molecule has 1 spiro atoms. The number of piperidine rings is 1. The zero-order chi connectivity index (χ0) is 18.8. The molecule has 2 N–H and O–H groups in total. The summed E-state index contributed by atoms with van der Waals surface area (Å²) in [4.78, 5) is 4.71. The van der Waals surface area contributed by atoms with Crippen molar-refractivity contribution in [2.45, 2.75) is 50.9 Å². The van der Waals surface area contributed by atoms with Crippen LogP contribution in [-0.4, -0.2) is 45.7 Å². The lowest BCUT2D eigenvalue weighted by molar-refractivity contribution is 0.249. The first-order chi connectivity index (χ1) is 12.9. The topological polar surface area (TPSA) is 120 Å². The van der Waals surface area contributed by atoms with E-state index in [-0.39, 0.29) is 11.3 Å². The monoisotopic (exact) mass is 392 g/mol. The summed E-state index contributed by atoms with van der Waals surface area (Å²) in [5, 5.41) is 14.1. The minimum atomic E-state index is -3.60. The standard InChI is InChI=1S/C17H24N6O3S/c1-22-14(11-4-2-3-5-13(11)20-22)16-19-15(21-26-16)12-10-17(12)6-8-23(9-7-17)27(18,24)25/h12H,2-10H2,1H3,(H2,18,24,25)/t12-/m0/s1. The Morgan fingerprint density at radius 1 is 1.22 bits per heavy atom. The third kappa shape index (κ3) is 2.81. The maximum atomic E-state index is 11.5. The van der Waals surface area contributed by atoms with Crippen molar-refractivity contribution in [2.24, 2.45) is 17.6 Å². The van der Waals surface area contributed by atoms with Gasteiger partial charge in [-0.3, -0.25) is 4.68 Å². The van der Waals surface area contributed by atoms with Gasteiger partial charge in [-0.05, 0) is 50.4 Å². The average Bonchev–Trinajstić information content (AvgIpc) is 2.98. The van der Waals surface area contributed by atoms with Gasteiger partial charge in [0.2, 0.25) is 0 Å². The van der Waals surface area contributed by atoms with E-state index in [1.54, 1.807) is 0 Å². The lowest BCUT2D eigenvalue weighted by Gasteiger charge is -2.30. The number of nitrogens with zero attached hydrogens (tertiary/aromatic N) is 5. The van der Waals surface area contributed by atoms with E-state index in [4.69, 9.17) is 14.6 Å². The van der Waals surface area contributed by atoms with Crippen LogP contribution in [0.1, 0.15) is 55.1 Å². The maximum absolute atomic E-state index is 11.5. The van der Waals surface area contributed by atoms with E-state index in [1.807, 2.05) is 11.7 Å². The van der Waals surface area contributed by atoms with Gasteiger partial charge in [0, 0.05) is 31.6 Å². The predicted molar refractivity (Wildman–Crippen MR) is 96.8 cm³/mol. The highest BCUT2D eigenvalue weighted by Crippen LogP contribution is 2.64. The lowest BCUT2D eigenvalue weighted by atomic mass is 9.92. The van der Waals surface area contributed by atoms with Crippen LogP contribution < -0.4 is 5.14 Å². The van der Waals surface area contributed by atoms with Gasteiger partial charge in [-0.25, -0.2) is 5.14 Å². The third-order valence-electron chi connectivity index (χ3n) is 6.54. The minimum absolute atomic E-state index is 0.0915. The van der Waals surface area contributed by atoms with Crippen molar-refractivity contribution < 1.29 is 12.9 Å². The number of aryl methyl sites for hydroxylation is 2. The van der Waals surface area contributed by atoms with Crippen LogP contribution in [0.25, 0.3) is 11.6 Å². The number of nitrogens with two attached hydrogens (primary N) is 1. The van der Waals surface area contributed by atoms with E-state index in [2.05, 4.69) is 10.3 Å². The van der Waals surface area contributed by atoms with Gasteiger partial charge in [-0.2, -0.15) is 22.8 Å². The molecule has 0 radical (unpaired) electrons. The SMILES string of the molecule is Cn1nc2c(c1-c1nc([C@@H]3CC34CCN(S(N)(=O)=O)CC4)no1)CCCC2. The van der Waals surface area contributed by atoms with Crippen molar-refractivity contribution in [1.29, 1.82) is 0 Å². The van der Waals surface area contributed by atoms with Gasteiger partial charge in [0.1, 0.15) is 5.69 Å². The van der Waals surface area contributed by atoms with Gasteiger partial charge in [0.05, 0.1) is 5.69 Å². The molecule has 2 aromatic rings. The van der Waals surface area contributed by atoms with Crippen LogP contribution in [0, 0.1) is 5.41 Å². The Kier molecular flexibility index (Phi) is 3.76. The van der Waals surface area contributed by atoms with Crippen molar-refractivity contribution in [3.63, 3.8) is 0 Å². The molecule has 1 aliphatic heterocycles. The maximum Gasteiger partial charge on any atom is 0.276 e. The number of rotatable bonds is 3. The number of fused-ring (bicyclic) bond motifs is 1. The summed E-state index contributed by atoms with van der Waals surface area (Å²) in [6, 6.07) is 0. The van der Waals surface area contributed by atoms with Crippen molar-refractivity contribution in [1.82, 2.24) is 24.2 Å². The molecule has 2 aromatic heterocycles. The molecule has 1 atom stereocenters. The van der Waals surface area contributed by atoms with Crippen molar-refractivity contribution in [2.75, 3.05) is 13.1 Å². The molecule has 1 saturated carbocycles. The Balaban J connectivity index is 1.36. The molecule has 27 heavy (non-hydrogen) atoms. The highest BCUT2D eigenvalue weighted by atomic mass is 32.2. The summed E-state index contributed by atoms with van der Waals surface area (Å²) in [5.41, 5.74) is 3.43. The fourth-order valence-electron chi connectivity index (χ4n) is 4.87. The van der Waals surface area contributed by atoms with Crippen LogP contribution in [0.2, 0.25) is 0 Å². The van der Waals surface area contributed by atoms with E-state index in [0.717, 1.165) is 49.3 Å². The Hall–Kier alpha value is -1.78. The number of aromatic nitrogens is 4. The quantitative estimate of drug-likeness (QED) is 0.836. The van der Waals surface area contributed by atoms with Gasteiger partial charge in [0.15, 0.2) is 5.82 Å². The fraction of sp³-hybridized carbons (Fsp3) is 0.706. The van der Waals surface area contributed by atoms with E-state index in [0.29, 0.717) is 19.0 Å². The first kappa shape index (κ1) is 17.3. The number of hydrogen-bond donors (Lipinski definition) is 1. The second kappa shape index (κ2) is 5.86. The molecule has 0 aromatic carbocycles. The van der Waals surface area contributed by atoms with Crippen LogP contribution in [0.15, 0.2) is 4.52 Å². The summed E-state index contributed by atoms with van der Waals surface area (Å²) in [6.45, 7) is 0.935. The summed E-state index contributed by atoms with van der Waals surface area (Å²) in [5.74, 6) is 1.52. The Morgan fingerprint density at radius 3 is 2.70 bits per heavy atom. The first-order valence-corrected chi connectivity index (χ1v) is 11.0. The van der Waals surface area contributed by atoms with Crippen LogP contribution in [0.5, 0.6) is 0 Å². The van der Waals surface area contributed by atoms with Crippen molar-refractivity contribution >= 4 is 10.2 Å². The second-order valence-electron chi connectivity index (χ2n) is 8.13. The van der Waals surface area contributed by atoms with Gasteiger partial charge >= 0.3 is 0 Å². The summed E-state index contributed by atoms with van der Waals surface area (Å²) in [7, 11) is -1.67. The largest absolute Gasteiger partial charge is 0.332 e. The van der Waals surface area contributed by atoms with Crippen LogP contribution in [0.3, 0.4) is 0 Å². The van der Waals surface area contributed by atoms with E-state index >= 15 is 0 Å². The van der Waals surface area contributed by atoms with Crippen molar-refractivity contribution in [3.8, 4) is 11.6 Å². The number of hydrogen-bond acceptors (Lipinski definition) is 6. The molecule has 146 valence electrons. The first-order valence-electron chi connectivity index (χ1n) is 9.54. The van der Waals surface area contributed by atoms with Gasteiger partial charge in [0.25, 0.3) is 16.1 Å². The normalized spacial score (nSPS) is 24.9. The van der Waals surface area contributed by atoms with E-state index in [9.17, 15) is 8.42 Å². The molecule has 9 nitrogen and oxygen atoms in total. The molecule has 10 heteroatoms. The minimum Gasteiger partial charge on any atom is -0.332 e. The van der Waals surface area contributed by atoms with Crippen molar-refractivity contribution in [3.05, 3.63) is 17.1 Å². The zero-order valence-electron chi connectivity index (χ0n) is 15.4. The van der Waals surface area contributed by atoms with Crippen LogP contribution in [0.4, 0.5) is 0 Å². The average molecular weight is 392 g/mol. The van der Waals surface area contributed by atoms with Crippen LogP contribution >= 0.6 is 0 Å². The molecule has 3 heterocycles. The predicted octanol–water partition coefficient (Wildman–Crippen LogP) is 1.12. The Bertz CT molecular complexity index is 986. The molecule has 0 amide bonds. The Labute approximate surface area is 158 Å². The molecular formula is C17H24N6O3S. The lowest BCUT2D eigenvalue weighted by Crippen LogP contribution is -2.43. The molecule has 0 unspecified atom stereocenters.